The van der Waals surface area contributed by atoms with Crippen LogP contribution in [0.1, 0.15) is 50.7 Å². The lowest BCUT2D eigenvalue weighted by Crippen LogP contribution is -1.88. The Morgan fingerprint density at radius 1 is 0.296 bits per heavy atom. The lowest BCUT2D eigenvalue weighted by atomic mass is 10.1. The standard InChI is InChI=1S/C44H32S10/c1-3-5-7-27-41-37-21-38-42(27)52-30-14-10-24(18-34(30)48-38)46-26-12-16-32-36(20-26)50-40-22-39-43(28(8-6-4-2)44(40)54-32)53-31-15-11-25(19-35(31)49-39)45-23-9-13-29(51-41)33(17-23)47-37/h9-22H,3-8H2,1-2H3. The van der Waals surface area contributed by atoms with Crippen LogP contribution in [0.15, 0.2) is 84.9 Å². The normalized spacial score (nSPS) is 12.3. The van der Waals surface area contributed by atoms with E-state index in [1.165, 1.54) is 120 Å². The van der Waals surface area contributed by atoms with Crippen molar-refractivity contribution in [2.24, 2.45) is 0 Å². The Hall–Kier alpha value is -2.48. The molecule has 0 spiro atoms. The van der Waals surface area contributed by atoms with Crippen LogP contribution in [-0.2, 0) is 12.8 Å². The summed E-state index contributed by atoms with van der Waals surface area (Å²) in [6, 6.07) is 33.6. The van der Waals surface area contributed by atoms with E-state index < -0.39 is 0 Å². The van der Waals surface area contributed by atoms with Gasteiger partial charge < -0.3 is 0 Å². The Morgan fingerprint density at radius 2 is 0.593 bits per heavy atom. The van der Waals surface area contributed by atoms with Crippen LogP contribution in [0.4, 0.5) is 0 Å². The van der Waals surface area contributed by atoms with Gasteiger partial charge in [-0.2, -0.15) is 0 Å². The number of fused-ring (bicyclic) bond motifs is 4. The van der Waals surface area contributed by atoms with Crippen molar-refractivity contribution in [2.45, 2.75) is 52.4 Å². The van der Waals surface area contributed by atoms with Gasteiger partial charge in [0.2, 0.25) is 0 Å². The minimum Gasteiger partial charge on any atom is -0.136 e. The third kappa shape index (κ3) is 6.16. The highest BCUT2D eigenvalue weighted by Gasteiger charge is 2.16. The van der Waals surface area contributed by atoms with Crippen molar-refractivity contribution in [3.05, 3.63) is 96.1 Å². The van der Waals surface area contributed by atoms with Crippen molar-refractivity contribution in [1.82, 2.24) is 0 Å². The molecule has 5 heterocycles. The van der Waals surface area contributed by atoms with Crippen molar-refractivity contribution in [1.29, 1.82) is 0 Å². The Balaban J connectivity index is 1.25. The van der Waals surface area contributed by atoms with Gasteiger partial charge in [0.15, 0.2) is 0 Å². The summed E-state index contributed by atoms with van der Waals surface area (Å²) in [7, 11) is 0. The highest BCUT2D eigenvalue weighted by molar-refractivity contribution is 7.40. The van der Waals surface area contributed by atoms with Gasteiger partial charge in [-0.25, -0.2) is 0 Å². The SMILES string of the molecule is CCCCc1c2sc3ccc4cc3sc2cc2sc3cc(ccc3sc12)sc1ccc2sc3c(CCCC)c5sc6ccc(cc6sc5cc3sc2c1)s4. The molecular weight excluding hydrogens is 849 g/mol. The molecule has 54 heavy (non-hydrogen) atoms. The molecule has 5 aromatic heterocycles. The van der Waals surface area contributed by atoms with Gasteiger partial charge in [0.05, 0.1) is 0 Å². The van der Waals surface area contributed by atoms with Gasteiger partial charge >= 0.3 is 0 Å². The van der Waals surface area contributed by atoms with Gasteiger partial charge in [-0.3, -0.25) is 0 Å². The average Bonchev–Trinajstić information content (AvgIpc) is 3.18. The number of unbranched alkanes of at least 4 members (excludes halogenated alkanes) is 2. The number of aryl methyl sites for hydroxylation is 2. The van der Waals surface area contributed by atoms with Crippen molar-refractivity contribution in [3.63, 3.8) is 0 Å². The summed E-state index contributed by atoms with van der Waals surface area (Å²) in [6.45, 7) is 4.63. The number of hydrogen-bond donors (Lipinski definition) is 0. The third-order valence-electron chi connectivity index (χ3n) is 9.94. The van der Waals surface area contributed by atoms with Gasteiger partial charge in [-0.1, -0.05) is 26.7 Å². The summed E-state index contributed by atoms with van der Waals surface area (Å²) >= 11 is 19.7. The fourth-order valence-electron chi connectivity index (χ4n) is 7.26. The minimum atomic E-state index is 1.13. The van der Waals surface area contributed by atoms with Gasteiger partial charge in [-0.15, -0.1) is 113 Å². The number of benzene rings is 6. The van der Waals surface area contributed by atoms with Gasteiger partial charge in [0.25, 0.3) is 0 Å². The van der Waals surface area contributed by atoms with Crippen molar-refractivity contribution in [2.75, 3.05) is 0 Å². The third-order valence-corrected chi connectivity index (χ3v) is 22.3. The van der Waals surface area contributed by atoms with Crippen LogP contribution >= 0.6 is 113 Å². The molecule has 11 rings (SSSR count). The van der Waals surface area contributed by atoms with E-state index in [0.29, 0.717) is 0 Å². The summed E-state index contributed by atoms with van der Waals surface area (Å²) in [4.78, 5) is 0. The lowest BCUT2D eigenvalue weighted by Gasteiger charge is -2.12. The molecule has 6 aromatic carbocycles. The zero-order valence-corrected chi connectivity index (χ0v) is 37.6. The van der Waals surface area contributed by atoms with Crippen molar-refractivity contribution >= 4 is 207 Å². The molecule has 0 nitrogen and oxygen atoms in total. The summed E-state index contributed by atoms with van der Waals surface area (Å²) < 4.78 is 27.9. The first kappa shape index (κ1) is 34.7. The molecule has 0 atom stereocenters. The molecule has 0 saturated heterocycles. The molecule has 0 aliphatic rings. The molecule has 11 aromatic rings. The molecule has 0 radical (unpaired) electrons. The van der Waals surface area contributed by atoms with E-state index in [-0.39, 0.29) is 0 Å². The van der Waals surface area contributed by atoms with E-state index in [2.05, 4.69) is 98.8 Å². The maximum Gasteiger partial charge on any atom is 0.0496 e. The predicted molar refractivity (Wildman–Crippen MR) is 262 cm³/mol. The minimum absolute atomic E-state index is 1.13. The van der Waals surface area contributed by atoms with Crippen molar-refractivity contribution in [3.8, 4) is 0 Å². The van der Waals surface area contributed by atoms with Crippen LogP contribution in [0.3, 0.4) is 0 Å². The first-order valence-electron chi connectivity index (χ1n) is 18.3. The van der Waals surface area contributed by atoms with E-state index in [1.54, 1.807) is 11.1 Å². The second-order valence-corrected chi connectivity index (χ2v) is 24.5. The Labute approximate surface area is 352 Å². The molecule has 268 valence electrons. The molecule has 0 amide bonds. The second-order valence-electron chi connectivity index (χ2n) is 13.7. The number of hydrogen-bond acceptors (Lipinski definition) is 10. The lowest BCUT2D eigenvalue weighted by molar-refractivity contribution is 0.804. The highest BCUT2D eigenvalue weighted by atomic mass is 32.1. The highest BCUT2D eigenvalue weighted by Crippen LogP contribution is 2.47. The van der Waals surface area contributed by atoms with Crippen LogP contribution in [0.2, 0.25) is 0 Å². The van der Waals surface area contributed by atoms with Crippen LogP contribution in [0.5, 0.6) is 0 Å². The number of rotatable bonds is 6. The molecule has 0 N–H and O–H groups in total. The molecule has 12 bridgehead atoms. The van der Waals surface area contributed by atoms with Crippen LogP contribution in [-0.4, -0.2) is 0 Å². The Morgan fingerprint density at radius 3 is 0.870 bits per heavy atom. The molecule has 0 aliphatic heterocycles. The Bertz CT molecular complexity index is 2950. The molecule has 0 fully saturated rings. The molecular formula is C44H32S10. The van der Waals surface area contributed by atoms with Gasteiger partial charge in [-0.05, 0) is 122 Å². The fourth-order valence-corrected chi connectivity index (χ4v) is 19.6. The zero-order chi connectivity index (χ0) is 35.9. The van der Waals surface area contributed by atoms with E-state index in [1.807, 2.05) is 113 Å². The van der Waals surface area contributed by atoms with E-state index >= 15 is 0 Å². The quantitative estimate of drug-likeness (QED) is 0.146. The maximum atomic E-state index is 2.50. The predicted octanol–water partition coefficient (Wildman–Crippen LogP) is 19.3. The average molecular weight is 881 g/mol. The summed E-state index contributed by atoms with van der Waals surface area (Å²) in [5.74, 6) is 0. The van der Waals surface area contributed by atoms with Gasteiger partial charge in [0, 0.05) is 94.0 Å². The van der Waals surface area contributed by atoms with Crippen molar-refractivity contribution < 1.29 is 0 Å². The zero-order valence-electron chi connectivity index (χ0n) is 29.4. The first-order chi connectivity index (χ1) is 26.6. The van der Waals surface area contributed by atoms with E-state index in [4.69, 9.17) is 0 Å². The van der Waals surface area contributed by atoms with Crippen LogP contribution in [0.25, 0.3) is 94.0 Å². The monoisotopic (exact) mass is 880 g/mol. The summed E-state index contributed by atoms with van der Waals surface area (Å²) in [5, 5.41) is 0. The summed E-state index contributed by atoms with van der Waals surface area (Å²) in [6.07, 6.45) is 7.10. The first-order valence-corrected chi connectivity index (χ1v) is 26.5. The Kier molecular flexibility index (Phi) is 9.11. The van der Waals surface area contributed by atoms with E-state index in [9.17, 15) is 0 Å². The largest absolute Gasteiger partial charge is 0.136 e. The smallest absolute Gasteiger partial charge is 0.0496 e. The molecule has 0 aliphatic carbocycles. The second kappa shape index (κ2) is 14.2. The fraction of sp³-hybridized carbons (Fsp3) is 0.182. The topological polar surface area (TPSA) is 0 Å². The molecule has 10 heteroatoms. The van der Waals surface area contributed by atoms with Crippen LogP contribution in [0, 0.1) is 0 Å². The van der Waals surface area contributed by atoms with E-state index in [0.717, 1.165) is 12.8 Å². The molecule has 0 saturated carbocycles. The maximum absolute atomic E-state index is 2.50. The van der Waals surface area contributed by atoms with Gasteiger partial charge in [0.1, 0.15) is 0 Å². The summed E-state index contributed by atoms with van der Waals surface area (Å²) in [5.41, 5.74) is 3.10. The molecule has 0 unspecified atom stereocenters. The van der Waals surface area contributed by atoms with Crippen LogP contribution < -0.4 is 0 Å².